The molecule has 4 nitrogen and oxygen atoms in total. The predicted molar refractivity (Wildman–Crippen MR) is 109 cm³/mol. The van der Waals surface area contributed by atoms with Gasteiger partial charge in [0.1, 0.15) is 0 Å². The Morgan fingerprint density at radius 1 is 1.22 bits per heavy atom. The summed E-state index contributed by atoms with van der Waals surface area (Å²) < 4.78 is 10.3. The lowest BCUT2D eigenvalue weighted by Crippen LogP contribution is -2.36. The molecule has 4 heteroatoms. The first kappa shape index (κ1) is 22.8. The maximum absolute atomic E-state index is 12.5. The maximum atomic E-state index is 12.5. The highest BCUT2D eigenvalue weighted by atomic mass is 16.5. The standard InChI is InChI=1S/C23H32O4/c1-7-27-22(25)23(5)15-13-21(24)19(4)20(23)12-11-17(2)9-8-10-18(3)14-16-26-6/h8-12,14H,7,13,15-16H2,1-6H3/b10-8+,12-11+,17-9+,18-14+. The van der Waals surface area contributed by atoms with Gasteiger partial charge in [0.2, 0.25) is 0 Å². The molecule has 0 saturated carbocycles. The number of ether oxygens (including phenoxy) is 2. The fourth-order valence-electron chi connectivity index (χ4n) is 2.97. The van der Waals surface area contributed by atoms with Gasteiger partial charge in [0, 0.05) is 13.5 Å². The third-order valence-corrected chi connectivity index (χ3v) is 4.80. The lowest BCUT2D eigenvalue weighted by molar-refractivity contribution is -0.152. The number of allylic oxidation sites excluding steroid dienone is 8. The Hall–Kier alpha value is -2.20. The second-order valence-electron chi connectivity index (χ2n) is 7.02. The van der Waals surface area contributed by atoms with E-state index in [4.69, 9.17) is 9.47 Å². The first-order valence-corrected chi connectivity index (χ1v) is 9.36. The van der Waals surface area contributed by atoms with Crippen LogP contribution in [0.3, 0.4) is 0 Å². The van der Waals surface area contributed by atoms with Gasteiger partial charge in [0.05, 0.1) is 18.6 Å². The first-order valence-electron chi connectivity index (χ1n) is 9.36. The molecule has 1 rings (SSSR count). The van der Waals surface area contributed by atoms with Crippen molar-refractivity contribution in [3.05, 3.63) is 58.7 Å². The highest BCUT2D eigenvalue weighted by molar-refractivity contribution is 6.00. The normalized spacial score (nSPS) is 22.2. The number of methoxy groups -OCH3 is 1. The van der Waals surface area contributed by atoms with E-state index in [0.717, 1.165) is 16.7 Å². The van der Waals surface area contributed by atoms with Crippen molar-refractivity contribution in [3.63, 3.8) is 0 Å². The average molecular weight is 373 g/mol. The second kappa shape index (κ2) is 10.8. The van der Waals surface area contributed by atoms with E-state index in [-0.39, 0.29) is 11.8 Å². The molecule has 0 saturated heterocycles. The number of carbonyl (C=O) groups is 2. The number of rotatable bonds is 8. The Morgan fingerprint density at radius 2 is 1.93 bits per heavy atom. The molecule has 1 aliphatic rings. The molecule has 148 valence electrons. The zero-order valence-electron chi connectivity index (χ0n) is 17.4. The SMILES string of the molecule is CCOC(=O)C1(C)CCC(=O)C(C)=C1/C=C/C(C)=C/C=C/C(C)=C/COC. The number of hydrogen-bond donors (Lipinski definition) is 0. The third-order valence-electron chi connectivity index (χ3n) is 4.80. The summed E-state index contributed by atoms with van der Waals surface area (Å²) in [5.41, 5.74) is 2.77. The molecular formula is C23H32O4. The summed E-state index contributed by atoms with van der Waals surface area (Å²) in [6, 6.07) is 0. The highest BCUT2D eigenvalue weighted by Gasteiger charge is 2.42. The summed E-state index contributed by atoms with van der Waals surface area (Å²) in [6.45, 7) is 10.4. The third kappa shape index (κ3) is 6.47. The fraction of sp³-hybridized carbons (Fsp3) is 0.478. The smallest absolute Gasteiger partial charge is 0.316 e. The monoisotopic (exact) mass is 372 g/mol. The summed E-state index contributed by atoms with van der Waals surface area (Å²) >= 11 is 0. The van der Waals surface area contributed by atoms with Gasteiger partial charge in [-0.05, 0) is 52.2 Å². The van der Waals surface area contributed by atoms with E-state index in [9.17, 15) is 9.59 Å². The minimum atomic E-state index is -0.778. The zero-order chi connectivity index (χ0) is 20.4. The molecule has 0 heterocycles. The van der Waals surface area contributed by atoms with Gasteiger partial charge >= 0.3 is 5.97 Å². The minimum Gasteiger partial charge on any atom is -0.465 e. The van der Waals surface area contributed by atoms with E-state index in [1.807, 2.05) is 57.2 Å². The second-order valence-corrected chi connectivity index (χ2v) is 7.02. The van der Waals surface area contributed by atoms with E-state index < -0.39 is 5.41 Å². The van der Waals surface area contributed by atoms with Gasteiger partial charge in [-0.2, -0.15) is 0 Å². The summed E-state index contributed by atoms with van der Waals surface area (Å²) in [5.74, 6) is -0.172. The number of hydrogen-bond acceptors (Lipinski definition) is 4. The predicted octanol–water partition coefficient (Wildman–Crippen LogP) is 4.89. The fourth-order valence-corrected chi connectivity index (χ4v) is 2.97. The van der Waals surface area contributed by atoms with E-state index in [2.05, 4.69) is 0 Å². The van der Waals surface area contributed by atoms with Crippen LogP contribution in [0, 0.1) is 5.41 Å². The summed E-state index contributed by atoms with van der Waals surface area (Å²) in [7, 11) is 1.67. The van der Waals surface area contributed by atoms with Crippen LogP contribution in [0.15, 0.2) is 58.7 Å². The number of Topliss-reactive ketones (excluding diaryl/α,β-unsaturated/α-hetero) is 1. The van der Waals surface area contributed by atoms with Gasteiger partial charge in [0.25, 0.3) is 0 Å². The van der Waals surface area contributed by atoms with Crippen molar-refractivity contribution >= 4 is 11.8 Å². The van der Waals surface area contributed by atoms with Gasteiger partial charge in [0.15, 0.2) is 5.78 Å². The zero-order valence-corrected chi connectivity index (χ0v) is 17.4. The number of ketones is 1. The van der Waals surface area contributed by atoms with Crippen molar-refractivity contribution in [1.29, 1.82) is 0 Å². The van der Waals surface area contributed by atoms with Gasteiger partial charge in [-0.15, -0.1) is 0 Å². The number of carbonyl (C=O) groups excluding carboxylic acids is 2. The van der Waals surface area contributed by atoms with Crippen LogP contribution in [-0.2, 0) is 19.1 Å². The molecule has 0 fully saturated rings. The molecule has 1 unspecified atom stereocenters. The van der Waals surface area contributed by atoms with E-state index in [1.54, 1.807) is 21.0 Å². The van der Waals surface area contributed by atoms with Gasteiger partial charge < -0.3 is 9.47 Å². The van der Waals surface area contributed by atoms with Gasteiger partial charge in [-0.1, -0.05) is 47.6 Å². The minimum absolute atomic E-state index is 0.0943. The first-order chi connectivity index (χ1) is 12.8. The van der Waals surface area contributed by atoms with Gasteiger partial charge in [-0.25, -0.2) is 0 Å². The lowest BCUT2D eigenvalue weighted by Gasteiger charge is -2.33. The molecule has 0 N–H and O–H groups in total. The average Bonchev–Trinajstić information content (AvgIpc) is 2.63. The maximum Gasteiger partial charge on any atom is 0.316 e. The molecule has 27 heavy (non-hydrogen) atoms. The molecule has 0 aliphatic heterocycles. The van der Waals surface area contributed by atoms with Crippen molar-refractivity contribution in [2.24, 2.45) is 5.41 Å². The van der Waals surface area contributed by atoms with Crippen molar-refractivity contribution < 1.29 is 19.1 Å². The molecular weight excluding hydrogens is 340 g/mol. The van der Waals surface area contributed by atoms with Crippen LogP contribution in [0.1, 0.15) is 47.5 Å². The topological polar surface area (TPSA) is 52.6 Å². The van der Waals surface area contributed by atoms with Crippen molar-refractivity contribution in [3.8, 4) is 0 Å². The van der Waals surface area contributed by atoms with Crippen LogP contribution in [0.2, 0.25) is 0 Å². The largest absolute Gasteiger partial charge is 0.465 e. The molecule has 0 aromatic rings. The highest BCUT2D eigenvalue weighted by Crippen LogP contribution is 2.41. The van der Waals surface area contributed by atoms with Crippen molar-refractivity contribution in [2.75, 3.05) is 20.3 Å². The summed E-state index contributed by atoms with van der Waals surface area (Å²) in [4.78, 5) is 24.7. The van der Waals surface area contributed by atoms with Crippen LogP contribution in [-0.4, -0.2) is 32.1 Å². The lowest BCUT2D eigenvalue weighted by atomic mass is 9.70. The molecule has 0 amide bonds. The molecule has 0 radical (unpaired) electrons. The quantitative estimate of drug-likeness (QED) is 0.450. The molecule has 0 aromatic heterocycles. The Kier molecular flexibility index (Phi) is 9.16. The van der Waals surface area contributed by atoms with E-state index in [1.165, 1.54) is 0 Å². The molecule has 0 bridgehead atoms. The van der Waals surface area contributed by atoms with E-state index in [0.29, 0.717) is 31.6 Å². The van der Waals surface area contributed by atoms with Crippen LogP contribution in [0.5, 0.6) is 0 Å². The Bertz CT molecular complexity index is 704. The Balaban J connectivity index is 3.04. The molecule has 1 aliphatic carbocycles. The summed E-state index contributed by atoms with van der Waals surface area (Å²) in [5, 5.41) is 0. The number of esters is 1. The van der Waals surface area contributed by atoms with E-state index >= 15 is 0 Å². The Morgan fingerprint density at radius 3 is 2.56 bits per heavy atom. The summed E-state index contributed by atoms with van der Waals surface area (Å²) in [6.07, 6.45) is 12.7. The van der Waals surface area contributed by atoms with Crippen LogP contribution in [0.25, 0.3) is 0 Å². The van der Waals surface area contributed by atoms with Gasteiger partial charge in [-0.3, -0.25) is 9.59 Å². The van der Waals surface area contributed by atoms with Crippen LogP contribution in [0.4, 0.5) is 0 Å². The van der Waals surface area contributed by atoms with Crippen molar-refractivity contribution in [2.45, 2.75) is 47.5 Å². The molecule has 0 aromatic carbocycles. The Labute approximate surface area is 163 Å². The molecule has 1 atom stereocenters. The van der Waals surface area contributed by atoms with Crippen LogP contribution < -0.4 is 0 Å². The van der Waals surface area contributed by atoms with Crippen molar-refractivity contribution in [1.82, 2.24) is 0 Å². The molecule has 0 spiro atoms. The van der Waals surface area contributed by atoms with Crippen LogP contribution >= 0.6 is 0 Å².